The van der Waals surface area contributed by atoms with Crippen LogP contribution in [-0.4, -0.2) is 24.8 Å². The number of hydrogen-bond donors (Lipinski definition) is 1. The molecule has 2 heterocycles. The van der Waals surface area contributed by atoms with E-state index in [-0.39, 0.29) is 36.5 Å². The van der Waals surface area contributed by atoms with Gasteiger partial charge in [0.2, 0.25) is 0 Å². The van der Waals surface area contributed by atoms with Crippen molar-refractivity contribution in [1.29, 1.82) is 0 Å². The Morgan fingerprint density at radius 1 is 1.75 bits per heavy atom. The molecule has 0 aromatic heterocycles. The van der Waals surface area contributed by atoms with Crippen LogP contribution in [0.4, 0.5) is 0 Å². The molecule has 70 valence electrons. The second-order valence-corrected chi connectivity index (χ2v) is 7.08. The Labute approximate surface area is 83.3 Å². The second-order valence-electron chi connectivity index (χ2n) is 3.73. The van der Waals surface area contributed by atoms with E-state index < -0.39 is 0 Å². The van der Waals surface area contributed by atoms with Crippen molar-refractivity contribution in [1.82, 2.24) is 0 Å². The molecular formula is C9H14IO2-. The molecule has 2 fully saturated rings. The first kappa shape index (κ1) is 8.97. The number of halogens is 1. The van der Waals surface area contributed by atoms with E-state index in [0.29, 0.717) is 0 Å². The number of rotatable bonds is 1. The molecule has 3 unspecified atom stereocenters. The molecule has 0 amide bonds. The number of alkyl halides is 2. The average Bonchev–Trinajstić information content (AvgIpc) is 2.80. The summed E-state index contributed by atoms with van der Waals surface area (Å²) in [5, 5.41) is 9.70. The van der Waals surface area contributed by atoms with E-state index >= 15 is 0 Å². The Balaban J connectivity index is 2.13. The van der Waals surface area contributed by atoms with Gasteiger partial charge in [-0.1, -0.05) is 0 Å². The SMILES string of the molecule is C=CC1(C)CCC(O)C2(C[I-]2)O1. The summed E-state index contributed by atoms with van der Waals surface area (Å²) >= 11 is 0.106. The first-order chi connectivity index (χ1) is 5.60. The molecule has 1 spiro atoms. The van der Waals surface area contributed by atoms with Crippen molar-refractivity contribution in [2.45, 2.75) is 35.1 Å². The van der Waals surface area contributed by atoms with Crippen LogP contribution < -0.4 is 21.2 Å². The van der Waals surface area contributed by atoms with Crippen molar-refractivity contribution in [3.63, 3.8) is 0 Å². The summed E-state index contributed by atoms with van der Waals surface area (Å²) in [5.41, 5.74) is -0.171. The van der Waals surface area contributed by atoms with Crippen LogP contribution in [0.2, 0.25) is 0 Å². The van der Waals surface area contributed by atoms with E-state index in [2.05, 4.69) is 13.5 Å². The maximum atomic E-state index is 9.70. The van der Waals surface area contributed by atoms with E-state index in [9.17, 15) is 5.11 Å². The van der Waals surface area contributed by atoms with Crippen LogP contribution in [0.1, 0.15) is 19.8 Å². The summed E-state index contributed by atoms with van der Waals surface area (Å²) in [4.78, 5) is 0. The van der Waals surface area contributed by atoms with Gasteiger partial charge in [-0.3, -0.25) is 0 Å². The van der Waals surface area contributed by atoms with Gasteiger partial charge in [-0.15, -0.1) is 0 Å². The third-order valence-electron chi connectivity index (χ3n) is 2.64. The Hall–Kier alpha value is 0.390. The Kier molecular flexibility index (Phi) is 2.01. The molecule has 0 aromatic rings. The maximum absolute atomic E-state index is 9.70. The number of aliphatic hydroxyl groups is 1. The summed E-state index contributed by atoms with van der Waals surface area (Å²) in [6.07, 6.45) is 3.46. The molecule has 0 aromatic carbocycles. The van der Waals surface area contributed by atoms with Crippen molar-refractivity contribution in [3.05, 3.63) is 12.7 Å². The quantitative estimate of drug-likeness (QED) is 0.339. The summed E-state index contributed by atoms with van der Waals surface area (Å²) in [6, 6.07) is 0. The molecule has 1 N–H and O–H groups in total. The molecule has 2 rings (SSSR count). The Bertz CT molecular complexity index is 213. The van der Waals surface area contributed by atoms with Crippen molar-refractivity contribution < 1.29 is 31.0 Å². The topological polar surface area (TPSA) is 29.5 Å². The summed E-state index contributed by atoms with van der Waals surface area (Å²) < 4.78 is 6.95. The minimum absolute atomic E-state index is 0.0833. The molecule has 2 aliphatic rings. The predicted octanol–water partition coefficient (Wildman–Crippen LogP) is -2.10. The summed E-state index contributed by atoms with van der Waals surface area (Å²) in [6.45, 7) is 5.85. The third kappa shape index (κ3) is 1.32. The Morgan fingerprint density at radius 3 is 2.92 bits per heavy atom. The average molecular weight is 281 g/mol. The van der Waals surface area contributed by atoms with Crippen LogP contribution >= 0.6 is 0 Å². The van der Waals surface area contributed by atoms with E-state index in [1.165, 1.54) is 0 Å². The van der Waals surface area contributed by atoms with E-state index in [4.69, 9.17) is 4.74 Å². The van der Waals surface area contributed by atoms with Crippen molar-refractivity contribution in [2.75, 3.05) is 4.43 Å². The van der Waals surface area contributed by atoms with Gasteiger partial charge in [-0.2, -0.15) is 0 Å². The van der Waals surface area contributed by atoms with Gasteiger partial charge in [-0.05, 0) is 0 Å². The van der Waals surface area contributed by atoms with Crippen molar-refractivity contribution in [2.24, 2.45) is 0 Å². The van der Waals surface area contributed by atoms with Gasteiger partial charge < -0.3 is 0 Å². The van der Waals surface area contributed by atoms with Crippen LogP contribution in [0.25, 0.3) is 0 Å². The minimum atomic E-state index is -0.196. The van der Waals surface area contributed by atoms with Crippen LogP contribution in [0.5, 0.6) is 0 Å². The molecule has 3 heteroatoms. The van der Waals surface area contributed by atoms with Gasteiger partial charge in [0.25, 0.3) is 0 Å². The Morgan fingerprint density at radius 2 is 2.42 bits per heavy atom. The molecule has 2 nitrogen and oxygen atoms in total. The molecule has 0 bridgehead atoms. The van der Waals surface area contributed by atoms with Gasteiger partial charge in [-0.25, -0.2) is 0 Å². The van der Waals surface area contributed by atoms with Gasteiger partial charge in [0.05, 0.1) is 0 Å². The third-order valence-corrected chi connectivity index (χ3v) is 5.85. The number of aliphatic hydroxyl groups excluding tert-OH is 1. The fraction of sp³-hybridized carbons (Fsp3) is 0.778. The molecule has 0 radical (unpaired) electrons. The first-order valence-corrected chi connectivity index (χ1v) is 6.83. The van der Waals surface area contributed by atoms with Crippen molar-refractivity contribution in [3.8, 4) is 0 Å². The molecule has 0 aliphatic carbocycles. The molecule has 2 aliphatic heterocycles. The zero-order chi connectivity index (χ0) is 8.82. The van der Waals surface area contributed by atoms with Crippen LogP contribution in [0, 0.1) is 0 Å². The molecule has 3 atom stereocenters. The second kappa shape index (κ2) is 2.69. The normalized spacial score (nSPS) is 53.0. The zero-order valence-corrected chi connectivity index (χ0v) is 9.37. The predicted molar refractivity (Wildman–Crippen MR) is 42.5 cm³/mol. The fourth-order valence-electron chi connectivity index (χ4n) is 1.59. The fourth-order valence-corrected chi connectivity index (χ4v) is 4.11. The van der Waals surface area contributed by atoms with E-state index in [0.717, 1.165) is 17.3 Å². The van der Waals surface area contributed by atoms with Gasteiger partial charge >= 0.3 is 83.2 Å². The molecule has 2 saturated heterocycles. The number of ether oxygens (including phenoxy) is 1. The van der Waals surface area contributed by atoms with E-state index in [1.54, 1.807) is 0 Å². The van der Waals surface area contributed by atoms with Gasteiger partial charge in [0.15, 0.2) is 0 Å². The van der Waals surface area contributed by atoms with Crippen LogP contribution in [0.15, 0.2) is 12.7 Å². The summed E-state index contributed by atoms with van der Waals surface area (Å²) in [5.74, 6) is 0. The molecule has 12 heavy (non-hydrogen) atoms. The summed E-state index contributed by atoms with van der Waals surface area (Å²) in [7, 11) is 0. The van der Waals surface area contributed by atoms with Gasteiger partial charge in [0.1, 0.15) is 0 Å². The van der Waals surface area contributed by atoms with E-state index in [1.807, 2.05) is 6.08 Å². The molecule has 0 saturated carbocycles. The van der Waals surface area contributed by atoms with Crippen LogP contribution in [-0.2, 0) is 4.74 Å². The first-order valence-electron chi connectivity index (χ1n) is 4.22. The zero-order valence-electron chi connectivity index (χ0n) is 7.22. The monoisotopic (exact) mass is 281 g/mol. The molecular weight excluding hydrogens is 267 g/mol. The standard InChI is InChI=1S/C9H14IO2/c1-3-8(2)5-4-7(11)9(12-8)6-10-9/h3,7,11H,1,4-6H2,2H3/q-1. The number of hydrogen-bond acceptors (Lipinski definition) is 2. The van der Waals surface area contributed by atoms with Crippen LogP contribution in [0.3, 0.4) is 0 Å². The van der Waals surface area contributed by atoms with Gasteiger partial charge in [0, 0.05) is 0 Å². The van der Waals surface area contributed by atoms with Crippen molar-refractivity contribution >= 4 is 0 Å².